The first-order valence-corrected chi connectivity index (χ1v) is 13.6. The number of pyridine rings is 2. The van der Waals surface area contributed by atoms with Crippen LogP contribution in [0.3, 0.4) is 0 Å². The highest BCUT2D eigenvalue weighted by molar-refractivity contribution is 5.97. The maximum absolute atomic E-state index is 15.0. The van der Waals surface area contributed by atoms with E-state index >= 15 is 0 Å². The molecule has 4 heterocycles. The molecular formula is C30H26FN3O7. The number of carbonyl (C=O) groups excluding carboxylic acids is 3. The van der Waals surface area contributed by atoms with Gasteiger partial charge in [-0.3, -0.25) is 14.4 Å². The molecule has 1 unspecified atom stereocenters. The lowest BCUT2D eigenvalue weighted by molar-refractivity contribution is -0.157. The Kier molecular flexibility index (Phi) is 5.73. The highest BCUT2D eigenvalue weighted by Crippen LogP contribution is 2.45. The summed E-state index contributed by atoms with van der Waals surface area (Å²) in [5, 5.41) is 11.3. The van der Waals surface area contributed by atoms with Crippen LogP contribution >= 0.6 is 0 Å². The molecule has 1 fully saturated rings. The predicted molar refractivity (Wildman–Crippen MR) is 143 cm³/mol. The van der Waals surface area contributed by atoms with E-state index in [9.17, 15) is 28.7 Å². The third-order valence-corrected chi connectivity index (χ3v) is 8.85. The van der Waals surface area contributed by atoms with E-state index in [1.807, 2.05) is 0 Å². The van der Waals surface area contributed by atoms with Crippen molar-refractivity contribution in [1.29, 1.82) is 0 Å². The van der Waals surface area contributed by atoms with Gasteiger partial charge in [0.2, 0.25) is 5.91 Å². The molecule has 0 bridgehead atoms. The van der Waals surface area contributed by atoms with Gasteiger partial charge in [0.15, 0.2) is 6.10 Å². The van der Waals surface area contributed by atoms with E-state index in [2.05, 4.69) is 4.99 Å². The van der Waals surface area contributed by atoms with Crippen LogP contribution in [0.25, 0.3) is 22.3 Å². The second kappa shape index (κ2) is 9.13. The van der Waals surface area contributed by atoms with E-state index in [-0.39, 0.29) is 65.5 Å². The van der Waals surface area contributed by atoms with E-state index < -0.39 is 12.1 Å². The van der Waals surface area contributed by atoms with Crippen molar-refractivity contribution in [2.75, 3.05) is 0 Å². The molecule has 2 aliphatic heterocycles. The molecule has 0 spiro atoms. The molecule has 2 aliphatic carbocycles. The van der Waals surface area contributed by atoms with Gasteiger partial charge in [0, 0.05) is 47.6 Å². The van der Waals surface area contributed by atoms with Crippen LogP contribution in [-0.2, 0) is 43.4 Å². The molecule has 41 heavy (non-hydrogen) atoms. The molecule has 7 rings (SSSR count). The second-order valence-electron chi connectivity index (χ2n) is 11.2. The van der Waals surface area contributed by atoms with Crippen molar-refractivity contribution in [2.24, 2.45) is 10.9 Å². The zero-order valence-corrected chi connectivity index (χ0v) is 22.4. The molecule has 0 radical (unpaired) electrons. The van der Waals surface area contributed by atoms with Gasteiger partial charge in [-0.1, -0.05) is 0 Å². The number of cyclic esters (lactones) is 1. The standard InChI is InChI=1S/C30H26FN3O7/c1-12-17-4-3-14(9-32-28(37)15-5-16(6-15)41-13(2)35)24-19-10-34-23(26(19)33-22(25(17)24)8-21(12)31)7-18-20(29(34)38)11-40-30(39)27(18)36/h7-9,14-16,27,36H,3-6,10-11H2,1-2H3/b32-9+/t14?,15-,16+,27-/m0/s1. The predicted octanol–water partition coefficient (Wildman–Crippen LogP) is 2.93. The minimum Gasteiger partial charge on any atom is -0.463 e. The first-order chi connectivity index (χ1) is 19.6. The Bertz CT molecular complexity index is 1800. The van der Waals surface area contributed by atoms with Gasteiger partial charge in [-0.25, -0.2) is 19.2 Å². The van der Waals surface area contributed by atoms with Gasteiger partial charge in [-0.2, -0.15) is 0 Å². The third kappa shape index (κ3) is 3.86. The summed E-state index contributed by atoms with van der Waals surface area (Å²) in [6.45, 7) is 3.04. The van der Waals surface area contributed by atoms with E-state index in [4.69, 9.17) is 14.5 Å². The summed E-state index contributed by atoms with van der Waals surface area (Å²) < 4.78 is 26.7. The van der Waals surface area contributed by atoms with E-state index in [1.165, 1.54) is 17.6 Å². The van der Waals surface area contributed by atoms with Crippen molar-refractivity contribution in [3.05, 3.63) is 61.7 Å². The fourth-order valence-electron chi connectivity index (χ4n) is 6.65. The zero-order chi connectivity index (χ0) is 28.7. The molecule has 2 aromatic heterocycles. The van der Waals surface area contributed by atoms with Crippen LogP contribution in [-0.4, -0.2) is 44.8 Å². The largest absolute Gasteiger partial charge is 0.463 e. The van der Waals surface area contributed by atoms with Crippen molar-refractivity contribution in [3.63, 3.8) is 0 Å². The summed E-state index contributed by atoms with van der Waals surface area (Å²) in [7, 11) is 0. The number of halogens is 1. The molecule has 0 saturated heterocycles. The topological polar surface area (TPSA) is 137 Å². The molecular weight excluding hydrogens is 533 g/mol. The minimum atomic E-state index is -1.58. The number of ether oxygens (including phenoxy) is 2. The first kappa shape index (κ1) is 25.7. The van der Waals surface area contributed by atoms with E-state index in [0.29, 0.717) is 48.2 Å². The molecule has 1 amide bonds. The highest BCUT2D eigenvalue weighted by Gasteiger charge is 2.38. The van der Waals surface area contributed by atoms with Gasteiger partial charge in [0.05, 0.1) is 29.0 Å². The summed E-state index contributed by atoms with van der Waals surface area (Å²) in [5.41, 5.74) is 4.37. The lowest BCUT2D eigenvalue weighted by Gasteiger charge is -2.32. The number of aliphatic hydroxyl groups excluding tert-OH is 1. The Hall–Kier alpha value is -4.25. The number of hydrogen-bond acceptors (Lipinski definition) is 8. The summed E-state index contributed by atoms with van der Waals surface area (Å²) in [4.78, 5) is 58.6. The van der Waals surface area contributed by atoms with Gasteiger partial charge >= 0.3 is 11.9 Å². The number of aromatic nitrogens is 2. The molecule has 2 atom stereocenters. The first-order valence-electron chi connectivity index (χ1n) is 13.6. The number of esters is 2. The van der Waals surface area contributed by atoms with Crippen molar-refractivity contribution in [2.45, 2.75) is 70.8 Å². The number of carbonyl (C=O) groups is 3. The molecule has 4 aliphatic rings. The van der Waals surface area contributed by atoms with Crippen molar-refractivity contribution in [3.8, 4) is 11.4 Å². The van der Waals surface area contributed by atoms with Gasteiger partial charge in [0.25, 0.3) is 5.56 Å². The molecule has 3 aromatic rings. The lowest BCUT2D eigenvalue weighted by Crippen LogP contribution is -2.36. The van der Waals surface area contributed by atoms with Crippen LogP contribution in [0.15, 0.2) is 21.9 Å². The normalized spacial score (nSPS) is 24.0. The fraction of sp³-hybridized carbons (Fsp3) is 0.400. The molecule has 210 valence electrons. The Morgan fingerprint density at radius 2 is 2.00 bits per heavy atom. The average molecular weight is 560 g/mol. The zero-order valence-electron chi connectivity index (χ0n) is 22.4. The summed E-state index contributed by atoms with van der Waals surface area (Å²) >= 11 is 0. The quantitative estimate of drug-likeness (QED) is 0.299. The monoisotopic (exact) mass is 559 g/mol. The van der Waals surface area contributed by atoms with Crippen LogP contribution in [0.2, 0.25) is 0 Å². The molecule has 1 aromatic carbocycles. The van der Waals surface area contributed by atoms with Gasteiger partial charge in [-0.15, -0.1) is 0 Å². The van der Waals surface area contributed by atoms with Crippen LogP contribution in [0.4, 0.5) is 4.39 Å². The minimum absolute atomic E-state index is 0.188. The number of rotatable bonds is 3. The van der Waals surface area contributed by atoms with Gasteiger partial charge in [0.1, 0.15) is 18.5 Å². The summed E-state index contributed by atoms with van der Waals surface area (Å²) in [5.74, 6) is -2.44. The van der Waals surface area contributed by atoms with Crippen molar-refractivity contribution < 1.29 is 33.4 Å². The lowest BCUT2D eigenvalue weighted by atomic mass is 9.78. The maximum Gasteiger partial charge on any atom is 0.340 e. The number of nitrogens with zero attached hydrogens (tertiary/aromatic N) is 3. The van der Waals surface area contributed by atoms with E-state index in [0.717, 1.165) is 22.1 Å². The molecule has 11 heteroatoms. The number of aryl methyl sites for hydroxylation is 1. The number of aliphatic hydroxyl groups is 1. The molecule has 10 nitrogen and oxygen atoms in total. The van der Waals surface area contributed by atoms with Crippen LogP contribution in [0.5, 0.6) is 0 Å². The van der Waals surface area contributed by atoms with Crippen LogP contribution in [0, 0.1) is 18.7 Å². The van der Waals surface area contributed by atoms with Crippen LogP contribution in [0.1, 0.15) is 71.6 Å². The average Bonchev–Trinajstić information content (AvgIpc) is 3.28. The smallest absolute Gasteiger partial charge is 0.340 e. The third-order valence-electron chi connectivity index (χ3n) is 8.85. The number of hydrogen-bond donors (Lipinski definition) is 1. The van der Waals surface area contributed by atoms with Crippen molar-refractivity contribution in [1.82, 2.24) is 9.55 Å². The molecule has 1 N–H and O–H groups in total. The van der Waals surface area contributed by atoms with Crippen molar-refractivity contribution >= 4 is 35.0 Å². The SMILES string of the molecule is CC(=O)O[C@H]1C[C@@H](C(=O)/N=C/C2CCc3c(C)c(F)cc4nc5c(c2c34)Cn2c-5cc3c(c2=O)COC(=O)[C@H]3O)C1. The highest BCUT2D eigenvalue weighted by atomic mass is 19.1. The maximum atomic E-state index is 15.0. The molecule has 1 saturated carbocycles. The Balaban J connectivity index is 1.33. The van der Waals surface area contributed by atoms with Gasteiger partial charge < -0.3 is 19.1 Å². The number of aliphatic imine (C=N–C) groups is 1. The summed E-state index contributed by atoms with van der Waals surface area (Å²) in [6, 6.07) is 2.98. The Morgan fingerprint density at radius 1 is 1.22 bits per heavy atom. The summed E-state index contributed by atoms with van der Waals surface area (Å²) in [6.07, 6.45) is 1.85. The Morgan fingerprint density at radius 3 is 2.76 bits per heavy atom. The van der Waals surface area contributed by atoms with Gasteiger partial charge in [-0.05, 0) is 55.4 Å². The number of amides is 1. The number of benzene rings is 1. The second-order valence-corrected chi connectivity index (χ2v) is 11.2. The Labute approximate surface area is 232 Å². The van der Waals surface area contributed by atoms with E-state index in [1.54, 1.807) is 19.2 Å². The number of fused-ring (bicyclic) bond motifs is 5. The van der Waals surface area contributed by atoms with Crippen LogP contribution < -0.4 is 5.56 Å². The fourth-order valence-corrected chi connectivity index (χ4v) is 6.65.